The third-order valence-corrected chi connectivity index (χ3v) is 2.19. The van der Waals surface area contributed by atoms with Gasteiger partial charge in [0.25, 0.3) is 0 Å². The van der Waals surface area contributed by atoms with Crippen LogP contribution in [0.15, 0.2) is 18.3 Å². The lowest BCUT2D eigenvalue weighted by molar-refractivity contribution is 0.241. The number of aliphatic hydroxyl groups is 1. The fourth-order valence-corrected chi connectivity index (χ4v) is 1.32. The summed E-state index contributed by atoms with van der Waals surface area (Å²) < 4.78 is 5.63. The van der Waals surface area contributed by atoms with Gasteiger partial charge in [0.1, 0.15) is 0 Å². The Labute approximate surface area is 96.7 Å². The molecule has 0 aliphatic rings. The lowest BCUT2D eigenvalue weighted by Gasteiger charge is -2.18. The summed E-state index contributed by atoms with van der Waals surface area (Å²) in [4.78, 5) is 4.22. The summed E-state index contributed by atoms with van der Waals surface area (Å²) in [7, 11) is 0. The Morgan fingerprint density at radius 1 is 1.50 bits per heavy atom. The third kappa shape index (κ3) is 3.70. The second-order valence-electron chi connectivity index (χ2n) is 3.95. The van der Waals surface area contributed by atoms with E-state index in [0.29, 0.717) is 5.82 Å². The molecule has 0 spiro atoms. The number of hydrogen-bond acceptors (Lipinski definition) is 4. The Kier molecular flexibility index (Phi) is 5.05. The zero-order valence-electron chi connectivity index (χ0n) is 10.1. The zero-order chi connectivity index (χ0) is 12.0. The second kappa shape index (κ2) is 6.33. The molecule has 4 heteroatoms. The number of hydrogen-bond donors (Lipinski definition) is 2. The minimum atomic E-state index is 0.0180. The van der Waals surface area contributed by atoms with E-state index in [1.165, 1.54) is 0 Å². The number of nitrogens with zero attached hydrogens (tertiary/aromatic N) is 1. The van der Waals surface area contributed by atoms with Gasteiger partial charge in [-0.3, -0.25) is 0 Å². The van der Waals surface area contributed by atoms with Crippen LogP contribution >= 0.6 is 0 Å². The summed E-state index contributed by atoms with van der Waals surface area (Å²) in [5.74, 6) is 1.42. The van der Waals surface area contributed by atoms with Gasteiger partial charge in [0.05, 0.1) is 18.8 Å². The zero-order valence-corrected chi connectivity index (χ0v) is 10.1. The molecule has 4 nitrogen and oxygen atoms in total. The Hall–Kier alpha value is -1.29. The fourth-order valence-electron chi connectivity index (χ4n) is 1.32. The van der Waals surface area contributed by atoms with Gasteiger partial charge in [0, 0.05) is 6.20 Å². The molecule has 1 rings (SSSR count). The van der Waals surface area contributed by atoms with Crippen LogP contribution in [0, 0.1) is 0 Å². The van der Waals surface area contributed by atoms with E-state index in [4.69, 9.17) is 9.84 Å². The average molecular weight is 224 g/mol. The van der Waals surface area contributed by atoms with Crippen LogP contribution < -0.4 is 10.1 Å². The van der Waals surface area contributed by atoms with Gasteiger partial charge in [0.15, 0.2) is 11.6 Å². The van der Waals surface area contributed by atoms with Crippen molar-refractivity contribution in [2.75, 3.05) is 11.9 Å². The highest BCUT2D eigenvalue weighted by Gasteiger charge is 2.10. The molecule has 0 radical (unpaired) electrons. The molecule has 1 aromatic heterocycles. The molecule has 90 valence electrons. The molecule has 0 amide bonds. The summed E-state index contributed by atoms with van der Waals surface area (Å²) in [5.41, 5.74) is 0. The van der Waals surface area contributed by atoms with Gasteiger partial charge >= 0.3 is 0 Å². The molecule has 1 atom stereocenters. The SMILES string of the molecule is CCC(CO)Nc1ncccc1OC(C)C. The van der Waals surface area contributed by atoms with Crippen LogP contribution in [-0.2, 0) is 0 Å². The van der Waals surface area contributed by atoms with Gasteiger partial charge in [0.2, 0.25) is 0 Å². The third-order valence-electron chi connectivity index (χ3n) is 2.19. The molecular formula is C12H20N2O2. The van der Waals surface area contributed by atoms with E-state index in [1.54, 1.807) is 6.20 Å². The predicted molar refractivity (Wildman–Crippen MR) is 64.8 cm³/mol. The molecule has 0 bridgehead atoms. The highest BCUT2D eigenvalue weighted by molar-refractivity contribution is 5.50. The molecule has 2 N–H and O–H groups in total. The number of rotatable bonds is 6. The number of ether oxygens (including phenoxy) is 1. The Balaban J connectivity index is 2.77. The quantitative estimate of drug-likeness (QED) is 0.776. The maximum absolute atomic E-state index is 9.13. The summed E-state index contributed by atoms with van der Waals surface area (Å²) in [5, 5.41) is 12.3. The summed E-state index contributed by atoms with van der Waals surface area (Å²) in [6, 6.07) is 3.73. The molecule has 0 aliphatic heterocycles. The van der Waals surface area contributed by atoms with Gasteiger partial charge < -0.3 is 15.2 Å². The van der Waals surface area contributed by atoms with E-state index >= 15 is 0 Å². The van der Waals surface area contributed by atoms with Crippen molar-refractivity contribution in [1.82, 2.24) is 4.98 Å². The monoisotopic (exact) mass is 224 g/mol. The van der Waals surface area contributed by atoms with E-state index in [-0.39, 0.29) is 18.8 Å². The normalized spacial score (nSPS) is 12.6. The Morgan fingerprint density at radius 2 is 2.25 bits per heavy atom. The summed E-state index contributed by atoms with van der Waals surface area (Å²) in [6.07, 6.45) is 2.66. The summed E-state index contributed by atoms with van der Waals surface area (Å²) >= 11 is 0. The summed E-state index contributed by atoms with van der Waals surface area (Å²) in [6.45, 7) is 6.05. The average Bonchev–Trinajstić information content (AvgIpc) is 2.27. The van der Waals surface area contributed by atoms with Crippen molar-refractivity contribution in [3.8, 4) is 5.75 Å². The molecule has 0 aromatic carbocycles. The number of nitrogens with one attached hydrogen (secondary N) is 1. The second-order valence-corrected chi connectivity index (χ2v) is 3.95. The van der Waals surface area contributed by atoms with Crippen molar-refractivity contribution in [2.45, 2.75) is 39.3 Å². The maximum Gasteiger partial charge on any atom is 0.169 e. The molecule has 1 unspecified atom stereocenters. The molecule has 16 heavy (non-hydrogen) atoms. The van der Waals surface area contributed by atoms with Crippen LogP contribution in [0.25, 0.3) is 0 Å². The van der Waals surface area contributed by atoms with E-state index < -0.39 is 0 Å². The van der Waals surface area contributed by atoms with Gasteiger partial charge in [-0.25, -0.2) is 4.98 Å². The highest BCUT2D eigenvalue weighted by Crippen LogP contribution is 2.23. The lowest BCUT2D eigenvalue weighted by atomic mass is 10.2. The van der Waals surface area contributed by atoms with E-state index in [0.717, 1.165) is 12.2 Å². The van der Waals surface area contributed by atoms with Crippen molar-refractivity contribution in [2.24, 2.45) is 0 Å². The Bertz CT molecular complexity index is 312. The molecule has 1 aromatic rings. The maximum atomic E-state index is 9.13. The van der Waals surface area contributed by atoms with Crippen LogP contribution in [0.5, 0.6) is 5.75 Å². The molecule has 0 fully saturated rings. The lowest BCUT2D eigenvalue weighted by Crippen LogP contribution is -2.24. The van der Waals surface area contributed by atoms with E-state index in [9.17, 15) is 0 Å². The predicted octanol–water partition coefficient (Wildman–Crippen LogP) is 2.05. The number of aliphatic hydroxyl groups excluding tert-OH is 1. The van der Waals surface area contributed by atoms with Gasteiger partial charge in [-0.2, -0.15) is 0 Å². The largest absolute Gasteiger partial charge is 0.487 e. The number of pyridine rings is 1. The topological polar surface area (TPSA) is 54.4 Å². The molecular weight excluding hydrogens is 204 g/mol. The van der Waals surface area contributed by atoms with Crippen LogP contribution in [0.3, 0.4) is 0 Å². The van der Waals surface area contributed by atoms with Gasteiger partial charge in [-0.15, -0.1) is 0 Å². The molecule has 0 aliphatic carbocycles. The molecule has 0 saturated heterocycles. The number of anilines is 1. The van der Waals surface area contributed by atoms with Gasteiger partial charge in [-0.1, -0.05) is 6.92 Å². The van der Waals surface area contributed by atoms with Gasteiger partial charge in [-0.05, 0) is 32.4 Å². The smallest absolute Gasteiger partial charge is 0.169 e. The first-order valence-electron chi connectivity index (χ1n) is 5.66. The van der Waals surface area contributed by atoms with Crippen LogP contribution in [-0.4, -0.2) is 28.8 Å². The standard InChI is InChI=1S/C12H20N2O2/c1-4-10(8-15)14-12-11(16-9(2)3)6-5-7-13-12/h5-7,9-10,15H,4,8H2,1-3H3,(H,13,14). The Morgan fingerprint density at radius 3 is 2.81 bits per heavy atom. The minimum absolute atomic E-state index is 0.0180. The molecule has 0 saturated carbocycles. The fraction of sp³-hybridized carbons (Fsp3) is 0.583. The highest BCUT2D eigenvalue weighted by atomic mass is 16.5. The first kappa shape index (κ1) is 12.8. The van der Waals surface area contributed by atoms with Crippen molar-refractivity contribution in [3.05, 3.63) is 18.3 Å². The molecule has 1 heterocycles. The van der Waals surface area contributed by atoms with Crippen molar-refractivity contribution in [3.63, 3.8) is 0 Å². The first-order valence-corrected chi connectivity index (χ1v) is 5.66. The van der Waals surface area contributed by atoms with Crippen molar-refractivity contribution < 1.29 is 9.84 Å². The minimum Gasteiger partial charge on any atom is -0.487 e. The van der Waals surface area contributed by atoms with E-state index in [2.05, 4.69) is 10.3 Å². The van der Waals surface area contributed by atoms with Crippen molar-refractivity contribution >= 4 is 5.82 Å². The van der Waals surface area contributed by atoms with Crippen molar-refractivity contribution in [1.29, 1.82) is 0 Å². The van der Waals surface area contributed by atoms with Crippen LogP contribution in [0.1, 0.15) is 27.2 Å². The van der Waals surface area contributed by atoms with Crippen LogP contribution in [0.4, 0.5) is 5.82 Å². The van der Waals surface area contributed by atoms with Crippen LogP contribution in [0.2, 0.25) is 0 Å². The van der Waals surface area contributed by atoms with E-state index in [1.807, 2.05) is 32.9 Å². The number of aromatic nitrogens is 1. The first-order chi connectivity index (χ1) is 7.67.